The van der Waals surface area contributed by atoms with Gasteiger partial charge < -0.3 is 5.73 Å². The highest BCUT2D eigenvalue weighted by Gasteiger charge is 2.12. The summed E-state index contributed by atoms with van der Waals surface area (Å²) >= 11 is 1.56. The summed E-state index contributed by atoms with van der Waals surface area (Å²) < 4.78 is 1.32. The minimum atomic E-state index is -0.450. The van der Waals surface area contributed by atoms with E-state index in [4.69, 9.17) is 5.73 Å². The van der Waals surface area contributed by atoms with Crippen LogP contribution in [0, 0.1) is 0 Å². The molecule has 1 aromatic carbocycles. The summed E-state index contributed by atoms with van der Waals surface area (Å²) in [5, 5.41) is 7.80. The van der Waals surface area contributed by atoms with Crippen molar-refractivity contribution in [3.8, 4) is 10.6 Å². The molecular formula is C15H13N3O2S. The molecular weight excluding hydrogens is 286 g/mol. The molecule has 3 aromatic rings. The van der Waals surface area contributed by atoms with Crippen molar-refractivity contribution in [1.29, 1.82) is 0 Å². The van der Waals surface area contributed by atoms with E-state index >= 15 is 0 Å². The Hall–Kier alpha value is -2.47. The third-order valence-corrected chi connectivity index (χ3v) is 4.07. The van der Waals surface area contributed by atoms with E-state index in [1.165, 1.54) is 4.68 Å². The minimum absolute atomic E-state index is 0.0924. The van der Waals surface area contributed by atoms with Gasteiger partial charge in [-0.2, -0.15) is 5.10 Å². The topological polar surface area (TPSA) is 78.0 Å². The molecule has 0 fully saturated rings. The Kier molecular flexibility index (Phi) is 3.53. The number of hydrogen-bond donors (Lipinski definition) is 1. The van der Waals surface area contributed by atoms with Crippen molar-refractivity contribution in [3.05, 3.63) is 52.1 Å². The molecule has 2 N–H and O–H groups in total. The van der Waals surface area contributed by atoms with Crippen molar-refractivity contribution in [3.63, 3.8) is 0 Å². The predicted molar refractivity (Wildman–Crippen MR) is 83.1 cm³/mol. The number of primary amides is 1. The second-order valence-electron chi connectivity index (χ2n) is 4.62. The molecule has 3 rings (SSSR count). The zero-order valence-electron chi connectivity index (χ0n) is 11.2. The maximum absolute atomic E-state index is 12.4. The molecule has 0 saturated carbocycles. The molecule has 0 unspecified atom stereocenters. The molecule has 0 aliphatic carbocycles. The van der Waals surface area contributed by atoms with Crippen molar-refractivity contribution in [2.24, 2.45) is 5.73 Å². The first kappa shape index (κ1) is 13.5. The first-order valence-corrected chi connectivity index (χ1v) is 7.37. The molecule has 2 aromatic heterocycles. The first-order chi connectivity index (χ1) is 10.2. The largest absolute Gasteiger partial charge is 0.370 e. The summed E-state index contributed by atoms with van der Waals surface area (Å²) in [4.78, 5) is 24.3. The molecule has 1 amide bonds. The average molecular weight is 299 g/mol. The maximum Gasteiger partial charge on any atom is 0.274 e. The van der Waals surface area contributed by atoms with Crippen LogP contribution in [0.15, 0.2) is 46.6 Å². The fourth-order valence-electron chi connectivity index (χ4n) is 2.20. The number of nitrogens with two attached hydrogens (primary N) is 1. The monoisotopic (exact) mass is 299 g/mol. The standard InChI is InChI=1S/C15H13N3O2S/c16-13(19)7-8-18-15(20)11-5-2-1-4-10(11)14(17-18)12-6-3-9-21-12/h1-6,9H,7-8H2,(H2,16,19). The van der Waals surface area contributed by atoms with Crippen LogP contribution in [0.25, 0.3) is 21.3 Å². The number of fused-ring (bicyclic) bond motifs is 1. The van der Waals surface area contributed by atoms with Crippen molar-refractivity contribution in [2.45, 2.75) is 13.0 Å². The summed E-state index contributed by atoms with van der Waals surface area (Å²) in [6.07, 6.45) is 0.0924. The van der Waals surface area contributed by atoms with E-state index in [0.717, 1.165) is 16.0 Å². The zero-order chi connectivity index (χ0) is 14.8. The second kappa shape index (κ2) is 5.49. The summed E-state index contributed by atoms with van der Waals surface area (Å²) in [5.41, 5.74) is 5.71. The Morgan fingerprint density at radius 3 is 2.62 bits per heavy atom. The van der Waals surface area contributed by atoms with Gasteiger partial charge in [0.25, 0.3) is 5.56 Å². The Morgan fingerprint density at radius 2 is 1.95 bits per heavy atom. The Morgan fingerprint density at radius 1 is 1.19 bits per heavy atom. The highest BCUT2D eigenvalue weighted by atomic mass is 32.1. The molecule has 5 nitrogen and oxygen atoms in total. The summed E-state index contributed by atoms with van der Waals surface area (Å²) in [7, 11) is 0. The van der Waals surface area contributed by atoms with Gasteiger partial charge in [0.15, 0.2) is 0 Å². The number of nitrogens with zero attached hydrogens (tertiary/aromatic N) is 2. The number of carbonyl (C=O) groups is 1. The molecule has 0 radical (unpaired) electrons. The van der Waals surface area contributed by atoms with Crippen LogP contribution in [0.3, 0.4) is 0 Å². The fraction of sp³-hybridized carbons (Fsp3) is 0.133. The summed E-state index contributed by atoms with van der Waals surface area (Å²) in [5.74, 6) is -0.450. The highest BCUT2D eigenvalue weighted by molar-refractivity contribution is 7.13. The van der Waals surface area contributed by atoms with Crippen LogP contribution >= 0.6 is 11.3 Å². The van der Waals surface area contributed by atoms with Crippen LogP contribution in [-0.4, -0.2) is 15.7 Å². The molecule has 0 aliphatic heterocycles. The molecule has 6 heteroatoms. The van der Waals surface area contributed by atoms with Gasteiger partial charge in [-0.3, -0.25) is 9.59 Å². The molecule has 0 aliphatic rings. The summed E-state index contributed by atoms with van der Waals surface area (Å²) in [6, 6.07) is 11.3. The van der Waals surface area contributed by atoms with E-state index in [0.29, 0.717) is 5.39 Å². The Labute approximate surface area is 124 Å². The fourth-order valence-corrected chi connectivity index (χ4v) is 2.92. The van der Waals surface area contributed by atoms with Gasteiger partial charge in [0.05, 0.1) is 16.8 Å². The van der Waals surface area contributed by atoms with Crippen LogP contribution < -0.4 is 11.3 Å². The van der Waals surface area contributed by atoms with E-state index in [1.807, 2.05) is 35.7 Å². The lowest BCUT2D eigenvalue weighted by molar-refractivity contribution is -0.118. The lowest BCUT2D eigenvalue weighted by Gasteiger charge is -2.09. The second-order valence-corrected chi connectivity index (χ2v) is 5.56. The van der Waals surface area contributed by atoms with Crippen molar-refractivity contribution < 1.29 is 4.79 Å². The van der Waals surface area contributed by atoms with Crippen LogP contribution in [-0.2, 0) is 11.3 Å². The molecule has 2 heterocycles. The number of carbonyl (C=O) groups excluding carboxylic acids is 1. The van der Waals surface area contributed by atoms with Gasteiger partial charge in [0.2, 0.25) is 5.91 Å². The van der Waals surface area contributed by atoms with Gasteiger partial charge in [0, 0.05) is 11.8 Å². The first-order valence-electron chi connectivity index (χ1n) is 6.49. The normalized spacial score (nSPS) is 10.9. The zero-order valence-corrected chi connectivity index (χ0v) is 12.0. The third-order valence-electron chi connectivity index (χ3n) is 3.19. The average Bonchev–Trinajstić information content (AvgIpc) is 3.01. The molecule has 0 atom stereocenters. The smallest absolute Gasteiger partial charge is 0.274 e. The van der Waals surface area contributed by atoms with Gasteiger partial charge in [-0.1, -0.05) is 24.3 Å². The van der Waals surface area contributed by atoms with Gasteiger partial charge in [-0.25, -0.2) is 4.68 Å². The van der Waals surface area contributed by atoms with Crippen LogP contribution in [0.2, 0.25) is 0 Å². The number of amides is 1. The Balaban J connectivity index is 2.23. The molecule has 21 heavy (non-hydrogen) atoms. The number of aryl methyl sites for hydroxylation is 1. The predicted octanol–water partition coefficient (Wildman–Crippen LogP) is 2.00. The van der Waals surface area contributed by atoms with Crippen LogP contribution in [0.1, 0.15) is 6.42 Å². The molecule has 0 bridgehead atoms. The SMILES string of the molecule is NC(=O)CCn1nc(-c2cccs2)c2ccccc2c1=O. The van der Waals surface area contributed by atoms with Crippen LogP contribution in [0.5, 0.6) is 0 Å². The van der Waals surface area contributed by atoms with Gasteiger partial charge in [0.1, 0.15) is 5.69 Å². The maximum atomic E-state index is 12.4. The minimum Gasteiger partial charge on any atom is -0.370 e. The number of thiophene rings is 1. The lowest BCUT2D eigenvalue weighted by atomic mass is 10.1. The van der Waals surface area contributed by atoms with E-state index in [9.17, 15) is 9.59 Å². The Bertz CT molecular complexity index is 853. The van der Waals surface area contributed by atoms with Crippen molar-refractivity contribution in [2.75, 3.05) is 0 Å². The van der Waals surface area contributed by atoms with Gasteiger partial charge in [-0.15, -0.1) is 11.3 Å². The van der Waals surface area contributed by atoms with E-state index in [-0.39, 0.29) is 18.5 Å². The van der Waals surface area contributed by atoms with Gasteiger partial charge in [-0.05, 0) is 17.5 Å². The number of benzene rings is 1. The number of hydrogen-bond acceptors (Lipinski definition) is 4. The number of rotatable bonds is 4. The third kappa shape index (κ3) is 2.57. The quantitative estimate of drug-likeness (QED) is 0.800. The lowest BCUT2D eigenvalue weighted by Crippen LogP contribution is -2.26. The summed E-state index contributed by atoms with van der Waals surface area (Å²) in [6.45, 7) is 0.192. The van der Waals surface area contributed by atoms with Gasteiger partial charge >= 0.3 is 0 Å². The van der Waals surface area contributed by atoms with E-state index in [1.54, 1.807) is 17.4 Å². The van der Waals surface area contributed by atoms with Crippen molar-refractivity contribution in [1.82, 2.24) is 9.78 Å². The molecule has 0 spiro atoms. The van der Waals surface area contributed by atoms with Crippen molar-refractivity contribution >= 4 is 28.0 Å². The van der Waals surface area contributed by atoms with E-state index in [2.05, 4.69) is 5.10 Å². The number of aromatic nitrogens is 2. The highest BCUT2D eigenvalue weighted by Crippen LogP contribution is 2.28. The van der Waals surface area contributed by atoms with E-state index < -0.39 is 5.91 Å². The molecule has 0 saturated heterocycles. The molecule has 106 valence electrons. The van der Waals surface area contributed by atoms with Crippen LogP contribution in [0.4, 0.5) is 0 Å².